The summed E-state index contributed by atoms with van der Waals surface area (Å²) < 4.78 is 14.2. The molecular weight excluding hydrogens is 372 g/mol. The highest BCUT2D eigenvalue weighted by molar-refractivity contribution is 14.1. The van der Waals surface area contributed by atoms with E-state index in [1.54, 1.807) is 23.5 Å². The molecule has 0 aliphatic carbocycles. The van der Waals surface area contributed by atoms with E-state index in [0.29, 0.717) is 0 Å². The predicted octanol–water partition coefficient (Wildman–Crippen LogP) is 4.89. The van der Waals surface area contributed by atoms with Crippen molar-refractivity contribution in [1.82, 2.24) is 5.32 Å². The maximum absolute atomic E-state index is 13.3. The van der Waals surface area contributed by atoms with Crippen LogP contribution in [0.15, 0.2) is 29.6 Å². The maximum atomic E-state index is 13.3. The quantitative estimate of drug-likeness (QED) is 0.719. The van der Waals surface area contributed by atoms with Gasteiger partial charge in [-0.25, -0.2) is 4.39 Å². The zero-order chi connectivity index (χ0) is 13.8. The second kappa shape index (κ2) is 6.81. The van der Waals surface area contributed by atoms with E-state index in [4.69, 9.17) is 0 Å². The van der Waals surface area contributed by atoms with Gasteiger partial charge in [0.05, 0.1) is 6.04 Å². The molecule has 0 amide bonds. The average Bonchev–Trinajstić information content (AvgIpc) is 2.78. The van der Waals surface area contributed by atoms with E-state index in [9.17, 15) is 4.39 Å². The van der Waals surface area contributed by atoms with Crippen molar-refractivity contribution in [3.8, 4) is 0 Å². The predicted molar refractivity (Wildman–Crippen MR) is 88.3 cm³/mol. The van der Waals surface area contributed by atoms with Crippen LogP contribution in [0.4, 0.5) is 4.39 Å². The lowest BCUT2D eigenvalue weighted by Gasteiger charge is -2.20. The molecule has 0 aliphatic rings. The van der Waals surface area contributed by atoms with Crippen LogP contribution in [0.25, 0.3) is 0 Å². The van der Waals surface area contributed by atoms with Crippen LogP contribution in [-0.4, -0.2) is 6.54 Å². The minimum absolute atomic E-state index is 0.160. The molecule has 1 aromatic heterocycles. The van der Waals surface area contributed by atoms with E-state index in [1.807, 2.05) is 6.07 Å². The number of rotatable bonds is 5. The van der Waals surface area contributed by atoms with Gasteiger partial charge < -0.3 is 5.32 Å². The zero-order valence-corrected chi connectivity index (χ0v) is 14.0. The SMILES string of the molecule is CCCNC(c1ccc(F)cc1I)c1sccc1C. The summed E-state index contributed by atoms with van der Waals surface area (Å²) in [5, 5.41) is 5.69. The lowest BCUT2D eigenvalue weighted by atomic mass is 10.0. The topological polar surface area (TPSA) is 12.0 Å². The van der Waals surface area contributed by atoms with Crippen LogP contribution in [0.1, 0.15) is 35.4 Å². The highest BCUT2D eigenvalue weighted by atomic mass is 127. The fourth-order valence-corrected chi connectivity index (χ4v) is 3.86. The lowest BCUT2D eigenvalue weighted by molar-refractivity contribution is 0.595. The van der Waals surface area contributed by atoms with Gasteiger partial charge in [-0.2, -0.15) is 0 Å². The minimum atomic E-state index is -0.176. The molecule has 2 aromatic rings. The fraction of sp³-hybridized carbons (Fsp3) is 0.333. The maximum Gasteiger partial charge on any atom is 0.124 e. The third-order valence-corrected chi connectivity index (χ3v) is 5.05. The van der Waals surface area contributed by atoms with Crippen molar-refractivity contribution >= 4 is 33.9 Å². The highest BCUT2D eigenvalue weighted by Gasteiger charge is 2.19. The smallest absolute Gasteiger partial charge is 0.124 e. The summed E-state index contributed by atoms with van der Waals surface area (Å²) in [5.74, 6) is -0.176. The molecule has 0 saturated heterocycles. The Kier molecular flexibility index (Phi) is 5.36. The molecule has 1 aromatic carbocycles. The number of hydrogen-bond acceptors (Lipinski definition) is 2. The molecule has 102 valence electrons. The Morgan fingerprint density at radius 1 is 1.37 bits per heavy atom. The molecule has 1 unspecified atom stereocenters. The first-order chi connectivity index (χ1) is 9.13. The van der Waals surface area contributed by atoms with Crippen LogP contribution in [-0.2, 0) is 0 Å². The summed E-state index contributed by atoms with van der Waals surface area (Å²) in [6.07, 6.45) is 1.08. The van der Waals surface area contributed by atoms with Gasteiger partial charge >= 0.3 is 0 Å². The van der Waals surface area contributed by atoms with Gasteiger partial charge in [-0.1, -0.05) is 13.0 Å². The van der Waals surface area contributed by atoms with E-state index in [0.717, 1.165) is 22.1 Å². The largest absolute Gasteiger partial charge is 0.306 e. The molecule has 2 rings (SSSR count). The van der Waals surface area contributed by atoms with Crippen molar-refractivity contribution in [2.24, 2.45) is 0 Å². The van der Waals surface area contributed by atoms with Crippen molar-refractivity contribution < 1.29 is 4.39 Å². The van der Waals surface area contributed by atoms with Crippen LogP contribution in [0, 0.1) is 16.3 Å². The summed E-state index contributed by atoms with van der Waals surface area (Å²) >= 11 is 3.97. The summed E-state index contributed by atoms with van der Waals surface area (Å²) in [4.78, 5) is 1.32. The molecule has 0 spiro atoms. The molecular formula is C15H17FINS. The molecule has 0 fully saturated rings. The molecule has 4 heteroatoms. The Balaban J connectivity index is 2.40. The summed E-state index contributed by atoms with van der Waals surface area (Å²) in [6.45, 7) is 5.24. The van der Waals surface area contributed by atoms with Gasteiger partial charge in [-0.3, -0.25) is 0 Å². The van der Waals surface area contributed by atoms with Crippen molar-refractivity contribution in [3.63, 3.8) is 0 Å². The zero-order valence-electron chi connectivity index (χ0n) is 11.0. The Bertz CT molecular complexity index is 553. The number of aryl methyl sites for hydroxylation is 1. The average molecular weight is 389 g/mol. The molecule has 0 saturated carbocycles. The van der Waals surface area contributed by atoms with E-state index in [-0.39, 0.29) is 11.9 Å². The third-order valence-electron chi connectivity index (χ3n) is 3.04. The van der Waals surface area contributed by atoms with Crippen molar-refractivity contribution in [2.75, 3.05) is 6.54 Å². The number of halogens is 2. The van der Waals surface area contributed by atoms with Crippen LogP contribution in [0.3, 0.4) is 0 Å². The number of thiophene rings is 1. The van der Waals surface area contributed by atoms with Crippen LogP contribution >= 0.6 is 33.9 Å². The number of nitrogens with one attached hydrogen (secondary N) is 1. The van der Waals surface area contributed by atoms with Gasteiger partial charge in [0.1, 0.15) is 5.82 Å². The van der Waals surface area contributed by atoms with E-state index >= 15 is 0 Å². The molecule has 0 aliphatic heterocycles. The van der Waals surface area contributed by atoms with Gasteiger partial charge in [0, 0.05) is 8.45 Å². The van der Waals surface area contributed by atoms with E-state index < -0.39 is 0 Å². The minimum Gasteiger partial charge on any atom is -0.306 e. The van der Waals surface area contributed by atoms with Gasteiger partial charge in [0.15, 0.2) is 0 Å². The summed E-state index contributed by atoms with van der Waals surface area (Å²) in [6, 6.07) is 7.33. The number of hydrogen-bond donors (Lipinski definition) is 1. The summed E-state index contributed by atoms with van der Waals surface area (Å²) in [7, 11) is 0. The highest BCUT2D eigenvalue weighted by Crippen LogP contribution is 2.32. The second-order valence-corrected chi connectivity index (χ2v) is 6.63. The van der Waals surface area contributed by atoms with Crippen LogP contribution in [0.2, 0.25) is 0 Å². The van der Waals surface area contributed by atoms with Gasteiger partial charge in [0.25, 0.3) is 0 Å². The first-order valence-electron chi connectivity index (χ1n) is 6.35. The second-order valence-electron chi connectivity index (χ2n) is 4.52. The van der Waals surface area contributed by atoms with E-state index in [1.165, 1.54) is 10.4 Å². The lowest BCUT2D eigenvalue weighted by Crippen LogP contribution is -2.23. The number of benzene rings is 1. The standard InChI is InChI=1S/C15H17FINS/c1-3-7-18-14(15-10(2)6-8-19-15)12-5-4-11(16)9-13(12)17/h4-6,8-9,14,18H,3,7H2,1-2H3. The van der Waals surface area contributed by atoms with E-state index in [2.05, 4.69) is 53.2 Å². The van der Waals surface area contributed by atoms with Gasteiger partial charge in [-0.05, 0) is 77.2 Å². The Hall–Kier alpha value is -0.460. The Labute approximate surface area is 131 Å². The third kappa shape index (κ3) is 3.55. The molecule has 1 nitrogen and oxygen atoms in total. The normalized spacial score (nSPS) is 12.6. The molecule has 0 bridgehead atoms. The van der Waals surface area contributed by atoms with Crippen LogP contribution < -0.4 is 5.32 Å². The molecule has 1 atom stereocenters. The Morgan fingerprint density at radius 2 is 2.16 bits per heavy atom. The first-order valence-corrected chi connectivity index (χ1v) is 8.31. The molecule has 19 heavy (non-hydrogen) atoms. The van der Waals surface area contributed by atoms with Crippen molar-refractivity contribution in [2.45, 2.75) is 26.3 Å². The molecule has 1 heterocycles. The van der Waals surface area contributed by atoms with Crippen molar-refractivity contribution in [1.29, 1.82) is 0 Å². The Morgan fingerprint density at radius 3 is 2.74 bits per heavy atom. The van der Waals surface area contributed by atoms with Gasteiger partial charge in [-0.15, -0.1) is 11.3 Å². The monoisotopic (exact) mass is 389 g/mol. The summed E-state index contributed by atoms with van der Waals surface area (Å²) in [5.41, 5.74) is 2.44. The van der Waals surface area contributed by atoms with Crippen molar-refractivity contribution in [3.05, 3.63) is 55.0 Å². The van der Waals surface area contributed by atoms with Gasteiger partial charge in [0.2, 0.25) is 0 Å². The molecule has 1 N–H and O–H groups in total. The first kappa shape index (κ1) is 14.9. The molecule has 0 radical (unpaired) electrons. The van der Waals surface area contributed by atoms with Crippen LogP contribution in [0.5, 0.6) is 0 Å². The fourth-order valence-electron chi connectivity index (χ4n) is 2.05.